The summed E-state index contributed by atoms with van der Waals surface area (Å²) >= 11 is 0. The van der Waals surface area contributed by atoms with Gasteiger partial charge in [0.2, 0.25) is 5.91 Å². The van der Waals surface area contributed by atoms with Gasteiger partial charge in [0, 0.05) is 39.2 Å². The van der Waals surface area contributed by atoms with Crippen LogP contribution in [-0.4, -0.2) is 31.8 Å². The van der Waals surface area contributed by atoms with E-state index in [1.54, 1.807) is 10.9 Å². The fourth-order valence-electron chi connectivity index (χ4n) is 2.99. The van der Waals surface area contributed by atoms with E-state index in [0.717, 1.165) is 36.6 Å². The van der Waals surface area contributed by atoms with Crippen LogP contribution in [0.5, 0.6) is 0 Å². The van der Waals surface area contributed by atoms with Crippen LogP contribution in [0.15, 0.2) is 18.5 Å². The maximum atomic E-state index is 12.8. The number of carbonyl (C=O) groups is 1. The van der Waals surface area contributed by atoms with Crippen molar-refractivity contribution >= 4 is 11.7 Å². The molecular formula is C16H23N5O2. The van der Waals surface area contributed by atoms with Gasteiger partial charge in [-0.2, -0.15) is 5.10 Å². The van der Waals surface area contributed by atoms with Gasteiger partial charge >= 0.3 is 0 Å². The van der Waals surface area contributed by atoms with Crippen LogP contribution in [0.4, 0.5) is 5.82 Å². The number of hydrogen-bond acceptors (Lipinski definition) is 4. The number of anilines is 1. The Hall–Kier alpha value is -2.15. The highest BCUT2D eigenvalue weighted by Gasteiger charge is 2.35. The highest BCUT2D eigenvalue weighted by Crippen LogP contribution is 2.33. The first-order valence-corrected chi connectivity index (χ1v) is 8.02. The number of amides is 1. The normalized spacial score (nSPS) is 21.3. The van der Waals surface area contributed by atoms with Gasteiger partial charge in [0.15, 0.2) is 0 Å². The topological polar surface area (TPSA) is 74.0 Å². The minimum atomic E-state index is -0.303. The highest BCUT2D eigenvalue weighted by molar-refractivity contribution is 5.92. The Bertz CT molecular complexity index is 690. The largest absolute Gasteiger partial charge is 0.369 e. The van der Waals surface area contributed by atoms with Gasteiger partial charge < -0.3 is 14.6 Å². The number of rotatable bonds is 4. The van der Waals surface area contributed by atoms with E-state index < -0.39 is 0 Å². The third-order valence-corrected chi connectivity index (χ3v) is 4.32. The molecule has 3 rings (SSSR count). The fraction of sp³-hybridized carbons (Fsp3) is 0.562. The molecule has 124 valence electrons. The van der Waals surface area contributed by atoms with Crippen LogP contribution in [-0.2, 0) is 30.0 Å². The molecule has 0 spiro atoms. The van der Waals surface area contributed by atoms with Gasteiger partial charge in [-0.3, -0.25) is 9.48 Å². The summed E-state index contributed by atoms with van der Waals surface area (Å²) in [4.78, 5) is 17.1. The number of nitrogens with zero attached hydrogens (tertiary/aromatic N) is 4. The van der Waals surface area contributed by atoms with E-state index in [2.05, 4.69) is 15.4 Å². The molecule has 0 bridgehead atoms. The summed E-state index contributed by atoms with van der Waals surface area (Å²) in [6.07, 6.45) is 5.81. The second-order valence-electron chi connectivity index (χ2n) is 5.92. The van der Waals surface area contributed by atoms with Gasteiger partial charge in [0.1, 0.15) is 17.7 Å². The molecule has 1 amide bonds. The third kappa shape index (κ3) is 3.14. The molecular weight excluding hydrogens is 294 g/mol. The fourth-order valence-corrected chi connectivity index (χ4v) is 2.99. The summed E-state index contributed by atoms with van der Waals surface area (Å²) in [5.41, 5.74) is 0.961. The average molecular weight is 317 g/mol. The number of imidazole rings is 1. The lowest BCUT2D eigenvalue weighted by molar-refractivity contribution is -0.130. The van der Waals surface area contributed by atoms with Gasteiger partial charge in [-0.15, -0.1) is 0 Å². The number of nitrogens with one attached hydrogen (secondary N) is 1. The van der Waals surface area contributed by atoms with E-state index in [0.29, 0.717) is 6.61 Å². The zero-order valence-electron chi connectivity index (χ0n) is 13.8. The quantitative estimate of drug-likeness (QED) is 0.933. The zero-order chi connectivity index (χ0) is 16.4. The Morgan fingerprint density at radius 3 is 2.96 bits per heavy atom. The van der Waals surface area contributed by atoms with Crippen molar-refractivity contribution in [3.8, 4) is 0 Å². The molecule has 7 nitrogen and oxygen atoms in total. The van der Waals surface area contributed by atoms with E-state index in [1.807, 2.05) is 37.8 Å². The van der Waals surface area contributed by atoms with E-state index in [9.17, 15) is 4.79 Å². The van der Waals surface area contributed by atoms with Crippen LogP contribution in [0.2, 0.25) is 0 Å². The SMILES string of the molecule is CCc1cc(NC(=O)[C@@H]2CCCO[C@H]2c2nccn2C)n(C)n1. The van der Waals surface area contributed by atoms with Crippen molar-refractivity contribution in [1.29, 1.82) is 0 Å². The predicted octanol–water partition coefficient (Wildman–Crippen LogP) is 1.82. The van der Waals surface area contributed by atoms with Gasteiger partial charge in [-0.05, 0) is 19.3 Å². The van der Waals surface area contributed by atoms with Crippen LogP contribution in [0.25, 0.3) is 0 Å². The van der Waals surface area contributed by atoms with Crippen molar-refractivity contribution in [3.63, 3.8) is 0 Å². The van der Waals surface area contributed by atoms with E-state index >= 15 is 0 Å². The smallest absolute Gasteiger partial charge is 0.231 e. The number of aromatic nitrogens is 4. The maximum absolute atomic E-state index is 12.8. The molecule has 2 atom stereocenters. The molecule has 0 radical (unpaired) electrons. The summed E-state index contributed by atoms with van der Waals surface area (Å²) in [6.45, 7) is 2.70. The van der Waals surface area contributed by atoms with Crippen molar-refractivity contribution in [1.82, 2.24) is 19.3 Å². The zero-order valence-corrected chi connectivity index (χ0v) is 13.8. The lowest BCUT2D eigenvalue weighted by Gasteiger charge is -2.30. The minimum Gasteiger partial charge on any atom is -0.369 e. The van der Waals surface area contributed by atoms with E-state index in [1.165, 1.54) is 0 Å². The van der Waals surface area contributed by atoms with Crippen molar-refractivity contribution in [2.24, 2.45) is 20.0 Å². The second-order valence-corrected chi connectivity index (χ2v) is 5.92. The third-order valence-electron chi connectivity index (χ3n) is 4.32. The summed E-state index contributed by atoms with van der Waals surface area (Å²) < 4.78 is 9.48. The maximum Gasteiger partial charge on any atom is 0.231 e. The van der Waals surface area contributed by atoms with Crippen LogP contribution >= 0.6 is 0 Å². The molecule has 7 heteroatoms. The molecule has 0 saturated carbocycles. The summed E-state index contributed by atoms with van der Waals surface area (Å²) in [7, 11) is 3.76. The molecule has 1 fully saturated rings. The molecule has 3 heterocycles. The molecule has 1 saturated heterocycles. The lowest BCUT2D eigenvalue weighted by Crippen LogP contribution is -2.34. The Morgan fingerprint density at radius 1 is 1.48 bits per heavy atom. The Kier molecular flexibility index (Phi) is 4.47. The van der Waals surface area contributed by atoms with Crippen molar-refractivity contribution in [2.75, 3.05) is 11.9 Å². The predicted molar refractivity (Wildman–Crippen MR) is 85.8 cm³/mol. The number of hydrogen-bond donors (Lipinski definition) is 1. The van der Waals surface area contributed by atoms with Crippen LogP contribution in [0.3, 0.4) is 0 Å². The van der Waals surface area contributed by atoms with Gasteiger partial charge in [-0.1, -0.05) is 6.92 Å². The van der Waals surface area contributed by atoms with Crippen molar-refractivity contribution < 1.29 is 9.53 Å². The Labute approximate surface area is 135 Å². The second kappa shape index (κ2) is 6.54. The molecule has 2 aromatic rings. The van der Waals surface area contributed by atoms with Crippen LogP contribution < -0.4 is 5.32 Å². The van der Waals surface area contributed by atoms with Crippen molar-refractivity contribution in [2.45, 2.75) is 32.3 Å². The molecule has 0 unspecified atom stereocenters. The van der Waals surface area contributed by atoms with Crippen LogP contribution in [0.1, 0.15) is 37.4 Å². The number of aryl methyl sites for hydroxylation is 3. The van der Waals surface area contributed by atoms with Crippen LogP contribution in [0, 0.1) is 5.92 Å². The summed E-state index contributed by atoms with van der Waals surface area (Å²) in [5.74, 6) is 1.23. The lowest BCUT2D eigenvalue weighted by atomic mass is 9.92. The Morgan fingerprint density at radius 2 is 2.30 bits per heavy atom. The van der Waals surface area contributed by atoms with E-state index in [4.69, 9.17) is 4.74 Å². The molecule has 0 aliphatic carbocycles. The Balaban J connectivity index is 1.78. The van der Waals surface area contributed by atoms with Gasteiger partial charge in [0.05, 0.1) is 11.6 Å². The standard InChI is InChI=1S/C16H23N5O2/c1-4-11-10-13(21(3)19-11)18-16(22)12-6-5-9-23-14(12)15-17-7-8-20(15)2/h7-8,10,12,14H,4-6,9H2,1-3H3,(H,18,22)/t12-,14-/m1/s1. The number of carbonyl (C=O) groups excluding carboxylic acids is 1. The monoisotopic (exact) mass is 317 g/mol. The average Bonchev–Trinajstić information content (AvgIpc) is 3.13. The minimum absolute atomic E-state index is 0.0386. The summed E-state index contributed by atoms with van der Waals surface area (Å²) in [6, 6.07) is 1.91. The molecule has 1 aliphatic rings. The first-order valence-electron chi connectivity index (χ1n) is 8.02. The molecule has 0 aromatic carbocycles. The molecule has 2 aromatic heterocycles. The first kappa shape index (κ1) is 15.7. The van der Waals surface area contributed by atoms with Gasteiger partial charge in [0.25, 0.3) is 0 Å². The molecule has 1 N–H and O–H groups in total. The van der Waals surface area contributed by atoms with Gasteiger partial charge in [-0.25, -0.2) is 4.98 Å². The van der Waals surface area contributed by atoms with Crippen molar-refractivity contribution in [3.05, 3.63) is 30.0 Å². The molecule has 1 aliphatic heterocycles. The molecule has 23 heavy (non-hydrogen) atoms. The van der Waals surface area contributed by atoms with E-state index in [-0.39, 0.29) is 17.9 Å². The first-order chi connectivity index (χ1) is 11.1. The number of ether oxygens (including phenoxy) is 1. The highest BCUT2D eigenvalue weighted by atomic mass is 16.5. The summed E-state index contributed by atoms with van der Waals surface area (Å²) in [5, 5.41) is 7.36.